The molecule has 42 heavy (non-hydrogen) atoms. The van der Waals surface area contributed by atoms with Crippen LogP contribution in [0.15, 0.2) is 70.9 Å². The molecule has 0 amide bonds. The smallest absolute Gasteiger partial charge is 0.294 e. The maximum Gasteiger partial charge on any atom is 0.294 e. The summed E-state index contributed by atoms with van der Waals surface area (Å²) in [7, 11) is -4.51. The highest BCUT2D eigenvalue weighted by atomic mass is 32.2. The van der Waals surface area contributed by atoms with Gasteiger partial charge >= 0.3 is 0 Å². The van der Waals surface area contributed by atoms with Gasteiger partial charge in [0, 0.05) is 15.8 Å². The lowest BCUT2D eigenvalue weighted by atomic mass is 10.1. The van der Waals surface area contributed by atoms with Crippen LogP contribution < -0.4 is 9.47 Å². The highest BCUT2D eigenvalue weighted by Gasteiger charge is 2.19. The second-order valence-electron chi connectivity index (χ2n) is 8.91. The summed E-state index contributed by atoms with van der Waals surface area (Å²) in [5, 5.41) is 13.4. The van der Waals surface area contributed by atoms with E-state index in [1.165, 1.54) is 25.4 Å². The van der Waals surface area contributed by atoms with E-state index >= 15 is 0 Å². The van der Waals surface area contributed by atoms with Crippen LogP contribution >= 0.6 is 70.9 Å². The monoisotopic (exact) mass is 706 g/mol. The molecule has 0 fully saturated rings. The van der Waals surface area contributed by atoms with Crippen molar-refractivity contribution in [2.45, 2.75) is 55.0 Å². The maximum absolute atomic E-state index is 12.1. The molecular formula is C27H30O8S7. The summed E-state index contributed by atoms with van der Waals surface area (Å²) in [5.41, 5.74) is 0. The molecule has 4 rings (SSSR count). The zero-order chi connectivity index (χ0) is 30.0. The zero-order valence-electron chi connectivity index (χ0n) is 22.5. The Labute approximate surface area is 271 Å². The van der Waals surface area contributed by atoms with Gasteiger partial charge in [0.1, 0.15) is 11.5 Å². The molecule has 0 spiro atoms. The van der Waals surface area contributed by atoms with Gasteiger partial charge in [-0.25, -0.2) is 5.26 Å². The van der Waals surface area contributed by atoms with Gasteiger partial charge in [-0.3, -0.25) is 4.55 Å². The Morgan fingerprint density at radius 2 is 1.50 bits per heavy atom. The van der Waals surface area contributed by atoms with Gasteiger partial charge < -0.3 is 9.47 Å². The van der Waals surface area contributed by atoms with Gasteiger partial charge in [-0.05, 0) is 92.0 Å². The topological polar surface area (TPSA) is 112 Å². The molecule has 0 aliphatic rings. The Bertz CT molecular complexity index is 1550. The average Bonchev–Trinajstić information content (AvgIpc) is 3.57. The number of rotatable bonds is 18. The van der Waals surface area contributed by atoms with Crippen LogP contribution in [0.3, 0.4) is 0 Å². The van der Waals surface area contributed by atoms with Crippen molar-refractivity contribution in [1.29, 1.82) is 0 Å². The second-order valence-corrected chi connectivity index (χ2v) is 17.0. The zero-order valence-corrected chi connectivity index (χ0v) is 28.3. The highest BCUT2D eigenvalue weighted by molar-refractivity contribution is 8.01. The Morgan fingerprint density at radius 3 is 2.07 bits per heavy atom. The van der Waals surface area contributed by atoms with E-state index in [4.69, 9.17) is 14.7 Å². The summed E-state index contributed by atoms with van der Waals surface area (Å²) >= 11 is 12.1. The molecule has 0 saturated carbocycles. The maximum atomic E-state index is 12.1. The number of thioether (sulfide) groups is 2. The molecule has 0 aliphatic carbocycles. The van der Waals surface area contributed by atoms with Crippen molar-refractivity contribution in [3.8, 4) is 11.5 Å². The molecule has 228 valence electrons. The van der Waals surface area contributed by atoms with E-state index in [0.29, 0.717) is 40.4 Å². The lowest BCUT2D eigenvalue weighted by Crippen LogP contribution is -2.04. The first kappa shape index (κ1) is 33.8. The minimum absolute atomic E-state index is 0.295. The normalized spacial score (nSPS) is 11.8. The summed E-state index contributed by atoms with van der Waals surface area (Å²) < 4.78 is 54.3. The molecule has 2 aromatic carbocycles. The number of thiol groups is 1. The molecule has 15 heteroatoms. The first-order valence-electron chi connectivity index (χ1n) is 12.8. The molecule has 0 atom stereocenters. The number of ether oxygens (including phenoxy) is 2. The Kier molecular flexibility index (Phi) is 13.5. The van der Waals surface area contributed by atoms with E-state index in [9.17, 15) is 13.0 Å². The average molecular weight is 707 g/mol. The third kappa shape index (κ3) is 10.5. The van der Waals surface area contributed by atoms with Crippen LogP contribution in [-0.2, 0) is 19.5 Å². The van der Waals surface area contributed by atoms with Gasteiger partial charge in [-0.1, -0.05) is 5.04 Å². The number of hydrogen-bond donors (Lipinski definition) is 3. The predicted octanol–water partition coefficient (Wildman–Crippen LogP) is 9.14. The molecule has 4 aromatic rings. The molecule has 0 aliphatic heterocycles. The van der Waals surface area contributed by atoms with Crippen molar-refractivity contribution < 1.29 is 37.1 Å². The Hall–Kier alpha value is -1.11. The summed E-state index contributed by atoms with van der Waals surface area (Å²) in [6.45, 7) is 2.87. The fourth-order valence-electron chi connectivity index (χ4n) is 3.86. The van der Waals surface area contributed by atoms with Crippen LogP contribution in [0.5, 0.6) is 11.5 Å². The molecule has 0 saturated heterocycles. The number of unbranched alkanes of at least 4 members (excludes halogenated alkanes) is 2. The van der Waals surface area contributed by atoms with E-state index in [-0.39, 0.29) is 4.90 Å². The molecule has 0 bridgehead atoms. The number of thiophene rings is 2. The highest BCUT2D eigenvalue weighted by Crippen LogP contribution is 2.40. The van der Waals surface area contributed by atoms with Crippen molar-refractivity contribution in [3.05, 3.63) is 53.4 Å². The first-order chi connectivity index (χ1) is 20.2. The van der Waals surface area contributed by atoms with Gasteiger partial charge in [0.25, 0.3) is 10.1 Å². The number of benzene rings is 2. The van der Waals surface area contributed by atoms with Crippen LogP contribution in [0, 0.1) is 6.92 Å². The fourth-order valence-corrected chi connectivity index (χ4v) is 9.52. The summed E-state index contributed by atoms with van der Waals surface area (Å²) in [5.74, 6) is 2.63. The van der Waals surface area contributed by atoms with Gasteiger partial charge in [0.15, 0.2) is 0 Å². The Balaban J connectivity index is 1.46. The molecular weight excluding hydrogens is 677 g/mol. The van der Waals surface area contributed by atoms with E-state index in [2.05, 4.69) is 47.1 Å². The molecule has 2 N–H and O–H groups in total. The summed E-state index contributed by atoms with van der Waals surface area (Å²) in [6.07, 6.45) is 3.40. The van der Waals surface area contributed by atoms with Crippen LogP contribution in [0.1, 0.15) is 30.6 Å². The minimum atomic E-state index is -4.51. The fraction of sp³-hybridized carbons (Fsp3) is 0.333. The van der Waals surface area contributed by atoms with Gasteiger partial charge in [0.05, 0.1) is 48.2 Å². The van der Waals surface area contributed by atoms with E-state index < -0.39 is 10.1 Å². The SMILES string of the molecule is Cc1ccc(SCCCCOc2cc(S(=O)(=O)O)cc3cc(SOOO)cc(OCCCCSc4ccc(S)s4)c23)s1. The molecule has 0 unspecified atom stereocenters. The molecule has 0 radical (unpaired) electrons. The lowest BCUT2D eigenvalue weighted by molar-refractivity contribution is -0.432. The predicted molar refractivity (Wildman–Crippen MR) is 176 cm³/mol. The van der Waals surface area contributed by atoms with E-state index in [0.717, 1.165) is 53.4 Å². The Morgan fingerprint density at radius 1 is 0.857 bits per heavy atom. The van der Waals surface area contributed by atoms with Crippen molar-refractivity contribution in [3.63, 3.8) is 0 Å². The minimum Gasteiger partial charge on any atom is -0.493 e. The second kappa shape index (κ2) is 16.8. The van der Waals surface area contributed by atoms with Crippen molar-refractivity contribution >= 4 is 91.8 Å². The van der Waals surface area contributed by atoms with Crippen LogP contribution in [0.4, 0.5) is 0 Å². The van der Waals surface area contributed by atoms with Gasteiger partial charge in [-0.2, -0.15) is 8.42 Å². The first-order valence-corrected chi connectivity index (χ1v) is 19.1. The molecule has 2 heterocycles. The van der Waals surface area contributed by atoms with Crippen LogP contribution in [-0.4, -0.2) is 42.9 Å². The quantitative estimate of drug-likeness (QED) is 0.0175. The van der Waals surface area contributed by atoms with E-state index in [1.807, 2.05) is 6.07 Å². The molecule has 2 aromatic heterocycles. The van der Waals surface area contributed by atoms with Crippen molar-refractivity contribution in [2.24, 2.45) is 0 Å². The van der Waals surface area contributed by atoms with Crippen LogP contribution in [0.2, 0.25) is 0 Å². The number of fused-ring (bicyclic) bond motifs is 1. The number of hydrogen-bond acceptors (Lipinski definition) is 13. The lowest BCUT2D eigenvalue weighted by Gasteiger charge is -2.16. The van der Waals surface area contributed by atoms with E-state index in [1.54, 1.807) is 58.3 Å². The van der Waals surface area contributed by atoms with Gasteiger partial charge in [-0.15, -0.1) is 63.2 Å². The van der Waals surface area contributed by atoms with Crippen molar-refractivity contribution in [1.82, 2.24) is 0 Å². The standard InChI is InChI=1S/C27H30O8S7/c1-18-6-8-25(39-18)37-12-4-3-11-33-23-17-21(42(29,30)31)15-19-14-20(41-35-34-28)16-22(27(19)23)32-10-2-5-13-38-26-9-7-24(36)40-26/h6-9,14-17,28,36H,2-5,10-13H2,1H3,(H,29,30,31). The largest absolute Gasteiger partial charge is 0.493 e. The van der Waals surface area contributed by atoms with Crippen molar-refractivity contribution in [2.75, 3.05) is 24.7 Å². The third-order valence-corrected chi connectivity index (χ3v) is 12.1. The summed E-state index contributed by atoms with van der Waals surface area (Å²) in [4.78, 5) is 1.48. The van der Waals surface area contributed by atoms with Crippen LogP contribution in [0.25, 0.3) is 10.8 Å². The number of aryl methyl sites for hydroxylation is 1. The summed E-state index contributed by atoms with van der Waals surface area (Å²) in [6, 6.07) is 14.3. The molecule has 8 nitrogen and oxygen atoms in total. The van der Waals surface area contributed by atoms with Gasteiger partial charge in [0.2, 0.25) is 0 Å². The third-order valence-electron chi connectivity index (χ3n) is 5.75.